The number of carbonyl (C=O) groups excluding carboxylic acids is 2. The maximum atomic E-state index is 14.5. The van der Waals surface area contributed by atoms with Crippen LogP contribution in [0.4, 0.5) is 5.69 Å². The predicted octanol–water partition coefficient (Wildman–Crippen LogP) is 6.91. The molecule has 4 rings (SSSR count). The highest BCUT2D eigenvalue weighted by Crippen LogP contribution is 2.29. The second-order valence-corrected chi connectivity index (χ2v) is 13.9. The van der Waals surface area contributed by atoms with Gasteiger partial charge in [0.2, 0.25) is 11.8 Å². The van der Waals surface area contributed by atoms with E-state index in [1.165, 1.54) is 17.0 Å². The van der Waals surface area contributed by atoms with Gasteiger partial charge >= 0.3 is 0 Å². The number of amides is 2. The minimum atomic E-state index is -4.18. The summed E-state index contributed by atoms with van der Waals surface area (Å²) in [7, 11) is -4.18. The molecule has 0 bridgehead atoms. The molecule has 45 heavy (non-hydrogen) atoms. The van der Waals surface area contributed by atoms with E-state index in [-0.39, 0.29) is 29.7 Å². The fourth-order valence-electron chi connectivity index (χ4n) is 4.89. The first-order chi connectivity index (χ1) is 21.5. The fraction of sp³-hybridized carbons (Fsp3) is 0.257. The van der Waals surface area contributed by atoms with Crippen molar-refractivity contribution in [2.45, 2.75) is 44.7 Å². The molecule has 0 saturated carbocycles. The quantitative estimate of drug-likeness (QED) is 0.168. The number of halogens is 2. The summed E-state index contributed by atoms with van der Waals surface area (Å²) in [5, 5.41) is 3.73. The summed E-state index contributed by atoms with van der Waals surface area (Å²) >= 11 is 12.7. The van der Waals surface area contributed by atoms with Crippen LogP contribution in [-0.2, 0) is 32.6 Å². The summed E-state index contributed by atoms with van der Waals surface area (Å²) in [6.45, 7) is 5.57. The van der Waals surface area contributed by atoms with Gasteiger partial charge in [-0.05, 0) is 59.9 Å². The minimum Gasteiger partial charge on any atom is -0.354 e. The molecule has 236 valence electrons. The molecule has 0 spiro atoms. The highest BCUT2D eigenvalue weighted by atomic mass is 35.5. The van der Waals surface area contributed by atoms with E-state index in [1.54, 1.807) is 67.6 Å². The van der Waals surface area contributed by atoms with Gasteiger partial charge in [-0.25, -0.2) is 8.42 Å². The van der Waals surface area contributed by atoms with E-state index in [0.29, 0.717) is 33.4 Å². The number of aryl methyl sites for hydroxylation is 1. The van der Waals surface area contributed by atoms with E-state index in [1.807, 2.05) is 44.2 Å². The molecule has 0 radical (unpaired) electrons. The molecule has 10 heteroatoms. The molecular weight excluding hydrogens is 629 g/mol. The number of nitrogens with zero attached hydrogens (tertiary/aromatic N) is 2. The summed E-state index contributed by atoms with van der Waals surface area (Å²) in [6.07, 6.45) is 0.206. The first kappa shape index (κ1) is 34.0. The lowest BCUT2D eigenvalue weighted by atomic mass is 10.0. The molecule has 0 aliphatic rings. The van der Waals surface area contributed by atoms with Crippen molar-refractivity contribution in [1.29, 1.82) is 0 Å². The summed E-state index contributed by atoms with van der Waals surface area (Å²) in [5.41, 5.74) is 2.45. The van der Waals surface area contributed by atoms with Gasteiger partial charge < -0.3 is 10.2 Å². The van der Waals surface area contributed by atoms with Crippen LogP contribution < -0.4 is 9.62 Å². The van der Waals surface area contributed by atoms with Gasteiger partial charge in [0.05, 0.1) is 10.6 Å². The van der Waals surface area contributed by atoms with Crippen molar-refractivity contribution in [3.8, 4) is 0 Å². The van der Waals surface area contributed by atoms with Gasteiger partial charge in [-0.1, -0.05) is 110 Å². The van der Waals surface area contributed by atoms with E-state index in [0.717, 1.165) is 9.87 Å². The molecule has 1 N–H and O–H groups in total. The van der Waals surface area contributed by atoms with Crippen molar-refractivity contribution in [2.75, 3.05) is 17.4 Å². The van der Waals surface area contributed by atoms with Gasteiger partial charge in [-0.15, -0.1) is 0 Å². The summed E-state index contributed by atoms with van der Waals surface area (Å²) < 4.78 is 29.3. The number of carbonyl (C=O) groups is 2. The molecular formula is C35H37Cl2N3O4S. The average molecular weight is 667 g/mol. The largest absolute Gasteiger partial charge is 0.354 e. The van der Waals surface area contributed by atoms with Crippen LogP contribution in [0.2, 0.25) is 10.0 Å². The highest BCUT2D eigenvalue weighted by Gasteiger charge is 2.35. The molecule has 1 atom stereocenters. The van der Waals surface area contributed by atoms with Crippen LogP contribution in [-0.4, -0.2) is 44.3 Å². The Kier molecular flexibility index (Phi) is 11.7. The third kappa shape index (κ3) is 8.87. The summed E-state index contributed by atoms with van der Waals surface area (Å²) in [5.74, 6) is -0.738. The Morgan fingerprint density at radius 2 is 1.47 bits per heavy atom. The van der Waals surface area contributed by atoms with Crippen LogP contribution >= 0.6 is 23.2 Å². The normalized spacial score (nSPS) is 12.0. The topological polar surface area (TPSA) is 86.8 Å². The monoisotopic (exact) mass is 665 g/mol. The summed E-state index contributed by atoms with van der Waals surface area (Å²) in [6, 6.07) is 28.3. The SMILES string of the molecule is Cc1ccccc1N(CC(=O)N(Cc1ccc(Cl)cc1Cl)[C@@H](Cc1ccccc1)C(=O)NCC(C)C)S(=O)(=O)c1ccccc1. The van der Waals surface area contributed by atoms with Crippen molar-refractivity contribution >= 4 is 50.7 Å². The number of anilines is 1. The lowest BCUT2D eigenvalue weighted by Crippen LogP contribution is -2.53. The standard InChI is InChI=1S/C35H37Cl2N3O4S/c1-25(2)22-38-35(42)33(20-27-13-6-4-7-14-27)39(23-28-18-19-29(36)21-31(28)37)34(41)24-40(32-17-11-10-12-26(32)3)45(43,44)30-15-8-5-9-16-30/h4-19,21,25,33H,20,22-24H2,1-3H3,(H,38,42)/t33-/m0/s1. The molecule has 0 unspecified atom stereocenters. The van der Waals surface area contributed by atoms with E-state index in [2.05, 4.69) is 5.32 Å². The highest BCUT2D eigenvalue weighted by molar-refractivity contribution is 7.92. The van der Waals surface area contributed by atoms with E-state index in [4.69, 9.17) is 23.2 Å². The Hall–Kier alpha value is -3.85. The van der Waals surface area contributed by atoms with Crippen molar-refractivity contribution in [3.05, 3.63) is 130 Å². The van der Waals surface area contributed by atoms with Gasteiger partial charge in [0.1, 0.15) is 12.6 Å². The minimum absolute atomic E-state index is 0.0452. The van der Waals surface area contributed by atoms with Gasteiger partial charge in [-0.2, -0.15) is 0 Å². The average Bonchev–Trinajstić information content (AvgIpc) is 3.02. The van der Waals surface area contributed by atoms with E-state index >= 15 is 0 Å². The molecule has 4 aromatic carbocycles. The smallest absolute Gasteiger partial charge is 0.264 e. The lowest BCUT2D eigenvalue weighted by molar-refractivity contribution is -0.140. The van der Waals surface area contributed by atoms with Crippen molar-refractivity contribution in [3.63, 3.8) is 0 Å². The van der Waals surface area contributed by atoms with Crippen molar-refractivity contribution in [2.24, 2.45) is 5.92 Å². The first-order valence-electron chi connectivity index (χ1n) is 14.7. The predicted molar refractivity (Wildman–Crippen MR) is 181 cm³/mol. The second-order valence-electron chi connectivity index (χ2n) is 11.2. The molecule has 0 aliphatic carbocycles. The molecule has 7 nitrogen and oxygen atoms in total. The Morgan fingerprint density at radius 3 is 2.09 bits per heavy atom. The maximum Gasteiger partial charge on any atom is 0.264 e. The summed E-state index contributed by atoms with van der Waals surface area (Å²) in [4.78, 5) is 29.9. The maximum absolute atomic E-state index is 14.5. The zero-order chi connectivity index (χ0) is 32.6. The Bertz CT molecular complexity index is 1720. The van der Waals surface area contributed by atoms with Crippen LogP contribution in [0.1, 0.15) is 30.5 Å². The third-order valence-electron chi connectivity index (χ3n) is 7.31. The van der Waals surface area contributed by atoms with Crippen LogP contribution in [0.5, 0.6) is 0 Å². The van der Waals surface area contributed by atoms with Crippen LogP contribution in [0, 0.1) is 12.8 Å². The number of rotatable bonds is 13. The zero-order valence-electron chi connectivity index (χ0n) is 25.5. The lowest BCUT2D eigenvalue weighted by Gasteiger charge is -2.34. The van der Waals surface area contributed by atoms with Gasteiger partial charge in [-0.3, -0.25) is 13.9 Å². The second kappa shape index (κ2) is 15.4. The van der Waals surface area contributed by atoms with E-state index < -0.39 is 28.5 Å². The van der Waals surface area contributed by atoms with Gasteiger partial charge in [0, 0.05) is 29.6 Å². The number of hydrogen-bond donors (Lipinski definition) is 1. The van der Waals surface area contributed by atoms with Crippen LogP contribution in [0.3, 0.4) is 0 Å². The van der Waals surface area contributed by atoms with Gasteiger partial charge in [0.25, 0.3) is 10.0 Å². The molecule has 0 fully saturated rings. The molecule has 0 aliphatic heterocycles. The van der Waals surface area contributed by atoms with Crippen LogP contribution in [0.25, 0.3) is 0 Å². The molecule has 2 amide bonds. The van der Waals surface area contributed by atoms with E-state index in [9.17, 15) is 18.0 Å². The fourth-order valence-corrected chi connectivity index (χ4v) is 6.85. The number of benzene rings is 4. The molecule has 4 aromatic rings. The Morgan fingerprint density at radius 1 is 0.844 bits per heavy atom. The van der Waals surface area contributed by atoms with Crippen LogP contribution in [0.15, 0.2) is 108 Å². The number of nitrogens with one attached hydrogen (secondary N) is 1. The third-order valence-corrected chi connectivity index (χ3v) is 9.67. The van der Waals surface area contributed by atoms with Crippen molar-refractivity contribution < 1.29 is 18.0 Å². The van der Waals surface area contributed by atoms with Gasteiger partial charge in [0.15, 0.2) is 0 Å². The van der Waals surface area contributed by atoms with Crippen molar-refractivity contribution in [1.82, 2.24) is 10.2 Å². The molecule has 0 saturated heterocycles. The molecule has 0 aromatic heterocycles. The first-order valence-corrected chi connectivity index (χ1v) is 16.9. The Labute approximate surface area is 275 Å². The molecule has 0 heterocycles. The zero-order valence-corrected chi connectivity index (χ0v) is 27.8. The Balaban J connectivity index is 1.82. The number of hydrogen-bond acceptors (Lipinski definition) is 4. The number of para-hydroxylation sites is 1. The number of sulfonamides is 1.